The SMILES string of the molecule is O=C(NCC1(O)COCCN(Cc2ccn[nH]2)C1)c1cnccn1. The van der Waals surface area contributed by atoms with Crippen LogP contribution in [0.4, 0.5) is 0 Å². The monoisotopic (exact) mass is 332 g/mol. The van der Waals surface area contributed by atoms with E-state index >= 15 is 0 Å². The van der Waals surface area contributed by atoms with E-state index in [0.717, 1.165) is 5.69 Å². The Labute approximate surface area is 139 Å². The van der Waals surface area contributed by atoms with Crippen LogP contribution in [0.3, 0.4) is 0 Å². The average Bonchev–Trinajstić information content (AvgIpc) is 3.03. The van der Waals surface area contributed by atoms with Gasteiger partial charge >= 0.3 is 0 Å². The number of rotatable bonds is 5. The van der Waals surface area contributed by atoms with Gasteiger partial charge in [0, 0.05) is 43.9 Å². The van der Waals surface area contributed by atoms with Crippen LogP contribution in [0.25, 0.3) is 0 Å². The molecule has 0 radical (unpaired) electrons. The van der Waals surface area contributed by atoms with E-state index < -0.39 is 5.60 Å². The van der Waals surface area contributed by atoms with E-state index in [0.29, 0.717) is 26.2 Å². The van der Waals surface area contributed by atoms with E-state index in [1.54, 1.807) is 6.20 Å². The van der Waals surface area contributed by atoms with Crippen molar-refractivity contribution in [2.75, 3.05) is 32.8 Å². The minimum atomic E-state index is -1.17. The van der Waals surface area contributed by atoms with E-state index in [2.05, 4.69) is 30.4 Å². The lowest BCUT2D eigenvalue weighted by Crippen LogP contribution is -2.52. The molecular weight excluding hydrogens is 312 g/mol. The van der Waals surface area contributed by atoms with Crippen molar-refractivity contribution in [2.24, 2.45) is 0 Å². The van der Waals surface area contributed by atoms with Crippen molar-refractivity contribution < 1.29 is 14.6 Å². The maximum absolute atomic E-state index is 12.1. The number of aliphatic hydroxyl groups is 1. The number of ether oxygens (including phenoxy) is 1. The van der Waals surface area contributed by atoms with Gasteiger partial charge in [-0.15, -0.1) is 0 Å². The van der Waals surface area contributed by atoms with Gasteiger partial charge in [0.05, 0.1) is 26.0 Å². The lowest BCUT2D eigenvalue weighted by atomic mass is 10.0. The topological polar surface area (TPSA) is 116 Å². The smallest absolute Gasteiger partial charge is 0.271 e. The van der Waals surface area contributed by atoms with Gasteiger partial charge in [0.15, 0.2) is 0 Å². The molecule has 0 aliphatic carbocycles. The summed E-state index contributed by atoms with van der Waals surface area (Å²) in [6.07, 6.45) is 6.02. The first-order chi connectivity index (χ1) is 11.6. The van der Waals surface area contributed by atoms with Crippen molar-refractivity contribution in [2.45, 2.75) is 12.1 Å². The summed E-state index contributed by atoms with van der Waals surface area (Å²) >= 11 is 0. The van der Waals surface area contributed by atoms with Crippen molar-refractivity contribution in [3.05, 3.63) is 42.2 Å². The lowest BCUT2D eigenvalue weighted by molar-refractivity contribution is -0.0346. The van der Waals surface area contributed by atoms with Crippen LogP contribution in [0, 0.1) is 0 Å². The summed E-state index contributed by atoms with van der Waals surface area (Å²) in [5.74, 6) is -0.374. The molecule has 2 aromatic heterocycles. The molecule has 1 unspecified atom stereocenters. The first-order valence-electron chi connectivity index (χ1n) is 7.70. The van der Waals surface area contributed by atoms with Crippen LogP contribution in [0.1, 0.15) is 16.2 Å². The zero-order chi connectivity index (χ0) is 16.8. The molecule has 0 spiro atoms. The lowest BCUT2D eigenvalue weighted by Gasteiger charge is -2.30. The second kappa shape index (κ2) is 7.47. The Morgan fingerprint density at radius 1 is 1.46 bits per heavy atom. The molecule has 1 fully saturated rings. The van der Waals surface area contributed by atoms with Gasteiger partial charge in [0.2, 0.25) is 0 Å². The second-order valence-electron chi connectivity index (χ2n) is 5.84. The fraction of sp³-hybridized carbons (Fsp3) is 0.467. The fourth-order valence-electron chi connectivity index (χ4n) is 2.60. The Bertz CT molecular complexity index is 650. The molecule has 0 aromatic carbocycles. The van der Waals surface area contributed by atoms with Crippen LogP contribution in [0.5, 0.6) is 0 Å². The molecule has 24 heavy (non-hydrogen) atoms. The molecule has 9 nitrogen and oxygen atoms in total. The van der Waals surface area contributed by atoms with E-state index in [1.807, 2.05) is 6.07 Å². The van der Waals surface area contributed by atoms with E-state index in [9.17, 15) is 9.90 Å². The summed E-state index contributed by atoms with van der Waals surface area (Å²) in [5, 5.41) is 20.3. The Kier molecular flexibility index (Phi) is 5.14. The zero-order valence-corrected chi connectivity index (χ0v) is 13.2. The summed E-state index contributed by atoms with van der Waals surface area (Å²) in [6.45, 7) is 2.46. The molecule has 3 heterocycles. The molecule has 1 aliphatic rings. The highest BCUT2D eigenvalue weighted by Crippen LogP contribution is 2.14. The Balaban J connectivity index is 1.59. The minimum absolute atomic E-state index is 0.0713. The van der Waals surface area contributed by atoms with Crippen LogP contribution in [-0.4, -0.2) is 74.5 Å². The normalized spacial score (nSPS) is 22.0. The average molecular weight is 332 g/mol. The fourth-order valence-corrected chi connectivity index (χ4v) is 2.60. The Morgan fingerprint density at radius 3 is 3.12 bits per heavy atom. The van der Waals surface area contributed by atoms with Crippen molar-refractivity contribution in [3.63, 3.8) is 0 Å². The number of carbonyl (C=O) groups is 1. The summed E-state index contributed by atoms with van der Waals surface area (Å²) in [6, 6.07) is 1.89. The first kappa shape index (κ1) is 16.5. The van der Waals surface area contributed by atoms with Gasteiger partial charge in [-0.05, 0) is 6.07 Å². The van der Waals surface area contributed by atoms with Gasteiger partial charge in [0.25, 0.3) is 5.91 Å². The Morgan fingerprint density at radius 2 is 2.38 bits per heavy atom. The number of carbonyl (C=O) groups excluding carboxylic acids is 1. The number of nitrogens with zero attached hydrogens (tertiary/aromatic N) is 4. The van der Waals surface area contributed by atoms with Gasteiger partial charge in [-0.2, -0.15) is 5.10 Å². The molecule has 0 bridgehead atoms. The molecule has 1 atom stereocenters. The number of aromatic amines is 1. The molecule has 0 saturated carbocycles. The maximum atomic E-state index is 12.1. The minimum Gasteiger partial charge on any atom is -0.384 e. The summed E-state index contributed by atoms with van der Waals surface area (Å²) in [4.78, 5) is 21.9. The quantitative estimate of drug-likeness (QED) is 0.656. The van der Waals surface area contributed by atoms with Crippen LogP contribution < -0.4 is 5.32 Å². The number of H-pyrrole nitrogens is 1. The highest BCUT2D eigenvalue weighted by molar-refractivity contribution is 5.91. The number of hydrogen-bond donors (Lipinski definition) is 3. The number of hydrogen-bond acceptors (Lipinski definition) is 7. The van der Waals surface area contributed by atoms with Gasteiger partial charge in [0.1, 0.15) is 11.3 Å². The van der Waals surface area contributed by atoms with Crippen LogP contribution >= 0.6 is 0 Å². The molecule has 9 heteroatoms. The van der Waals surface area contributed by atoms with Gasteiger partial charge in [-0.25, -0.2) is 4.98 Å². The van der Waals surface area contributed by atoms with Crippen LogP contribution in [0.2, 0.25) is 0 Å². The van der Waals surface area contributed by atoms with Crippen molar-refractivity contribution in [1.29, 1.82) is 0 Å². The third-order valence-electron chi connectivity index (χ3n) is 3.77. The molecule has 3 N–H and O–H groups in total. The van der Waals surface area contributed by atoms with Gasteiger partial charge < -0.3 is 15.2 Å². The van der Waals surface area contributed by atoms with Gasteiger partial charge in [-0.3, -0.25) is 19.8 Å². The summed E-state index contributed by atoms with van der Waals surface area (Å²) < 4.78 is 5.50. The highest BCUT2D eigenvalue weighted by atomic mass is 16.5. The molecule has 3 rings (SSSR count). The predicted molar refractivity (Wildman–Crippen MR) is 84.0 cm³/mol. The van der Waals surface area contributed by atoms with E-state index in [-0.39, 0.29) is 24.8 Å². The number of nitrogens with one attached hydrogen (secondary N) is 2. The van der Waals surface area contributed by atoms with Crippen LogP contribution in [-0.2, 0) is 11.3 Å². The standard InChI is InChI=1S/C15H20N6O3/c22-14(13-7-16-3-4-17-13)18-9-15(23)10-21(5-6-24-11-15)8-12-1-2-19-20-12/h1-4,7,23H,5-6,8-11H2,(H,18,22)(H,19,20). The molecule has 1 aliphatic heterocycles. The van der Waals surface area contributed by atoms with Crippen molar-refractivity contribution >= 4 is 5.91 Å². The molecule has 1 amide bonds. The zero-order valence-electron chi connectivity index (χ0n) is 13.2. The predicted octanol–water partition coefficient (Wildman–Crippen LogP) is -0.807. The first-order valence-corrected chi connectivity index (χ1v) is 7.70. The molecular formula is C15H20N6O3. The maximum Gasteiger partial charge on any atom is 0.271 e. The van der Waals surface area contributed by atoms with E-state index in [1.165, 1.54) is 18.6 Å². The number of β-amino-alcohol motifs (C(OH)–C–C–N with tert-alkyl or cyclic N) is 1. The highest BCUT2D eigenvalue weighted by Gasteiger charge is 2.33. The largest absolute Gasteiger partial charge is 0.384 e. The van der Waals surface area contributed by atoms with Crippen molar-refractivity contribution in [3.8, 4) is 0 Å². The summed E-state index contributed by atoms with van der Waals surface area (Å²) in [5.41, 5.74) is 0.00166. The molecule has 1 saturated heterocycles. The molecule has 128 valence electrons. The van der Waals surface area contributed by atoms with Gasteiger partial charge in [-0.1, -0.05) is 0 Å². The number of aromatic nitrogens is 4. The number of amides is 1. The summed E-state index contributed by atoms with van der Waals surface area (Å²) in [7, 11) is 0. The Hall–Kier alpha value is -2.36. The molecule has 2 aromatic rings. The van der Waals surface area contributed by atoms with Crippen LogP contribution in [0.15, 0.2) is 30.9 Å². The second-order valence-corrected chi connectivity index (χ2v) is 5.84. The van der Waals surface area contributed by atoms with Crippen molar-refractivity contribution in [1.82, 2.24) is 30.4 Å². The third-order valence-corrected chi connectivity index (χ3v) is 3.77. The third kappa shape index (κ3) is 4.34. The van der Waals surface area contributed by atoms with E-state index in [4.69, 9.17) is 4.74 Å².